The van der Waals surface area contributed by atoms with Gasteiger partial charge in [-0.25, -0.2) is 0 Å². The van der Waals surface area contributed by atoms with Crippen LogP contribution < -0.4 is 10.1 Å². The molecule has 106 valence electrons. The second-order valence-electron chi connectivity index (χ2n) is 4.74. The first kappa shape index (κ1) is 16.0. The molecular formula is C14H21BrN2O2. The summed E-state index contributed by atoms with van der Waals surface area (Å²) in [5.74, 6) is 0.857. The molecule has 1 aromatic rings. The zero-order chi connectivity index (χ0) is 14.4. The van der Waals surface area contributed by atoms with Gasteiger partial charge in [-0.1, -0.05) is 29.8 Å². The van der Waals surface area contributed by atoms with Crippen molar-refractivity contribution >= 4 is 21.8 Å². The Hall–Kier alpha value is -1.07. The second-order valence-corrected chi connectivity index (χ2v) is 5.66. The topological polar surface area (TPSA) is 41.6 Å². The van der Waals surface area contributed by atoms with Crippen molar-refractivity contribution in [1.82, 2.24) is 10.2 Å². The molecule has 0 saturated carbocycles. The number of carbonyl (C=O) groups is 1. The molecule has 0 unspecified atom stereocenters. The number of nitrogens with zero attached hydrogens (tertiary/aromatic N) is 1. The SMILES string of the molecule is COc1ccc(Br)cc1CN(C)C(=O)CNC(C)C. The average molecular weight is 329 g/mol. The number of rotatable bonds is 6. The molecule has 4 nitrogen and oxygen atoms in total. The third-order valence-corrected chi connectivity index (χ3v) is 3.23. The zero-order valence-corrected chi connectivity index (χ0v) is 13.5. The molecule has 0 aliphatic heterocycles. The van der Waals surface area contributed by atoms with Crippen LogP contribution >= 0.6 is 15.9 Å². The van der Waals surface area contributed by atoms with Crippen molar-refractivity contribution in [2.45, 2.75) is 26.4 Å². The summed E-state index contributed by atoms with van der Waals surface area (Å²) < 4.78 is 6.28. The number of nitrogens with one attached hydrogen (secondary N) is 1. The van der Waals surface area contributed by atoms with E-state index in [4.69, 9.17) is 4.74 Å². The van der Waals surface area contributed by atoms with Gasteiger partial charge < -0.3 is 15.0 Å². The summed E-state index contributed by atoms with van der Waals surface area (Å²) in [6.45, 7) is 4.92. The van der Waals surface area contributed by atoms with Gasteiger partial charge in [0.15, 0.2) is 0 Å². The number of amides is 1. The summed E-state index contributed by atoms with van der Waals surface area (Å²) in [7, 11) is 3.43. The molecule has 0 atom stereocenters. The molecule has 0 fully saturated rings. The van der Waals surface area contributed by atoms with Gasteiger partial charge in [0, 0.05) is 29.7 Å². The van der Waals surface area contributed by atoms with E-state index in [0.29, 0.717) is 19.1 Å². The van der Waals surface area contributed by atoms with Crippen LogP contribution in [0, 0.1) is 0 Å². The van der Waals surface area contributed by atoms with Crippen molar-refractivity contribution in [2.24, 2.45) is 0 Å². The van der Waals surface area contributed by atoms with E-state index in [1.54, 1.807) is 19.1 Å². The number of hydrogen-bond acceptors (Lipinski definition) is 3. The standard InChI is InChI=1S/C14H21BrN2O2/c1-10(2)16-8-14(18)17(3)9-11-7-12(15)5-6-13(11)19-4/h5-7,10,16H,8-9H2,1-4H3. The minimum atomic E-state index is 0.0655. The molecule has 0 bridgehead atoms. The van der Waals surface area contributed by atoms with E-state index < -0.39 is 0 Å². The maximum atomic E-state index is 11.9. The number of likely N-dealkylation sites (N-methyl/N-ethyl adjacent to an activating group) is 1. The summed E-state index contributed by atoms with van der Waals surface area (Å²) in [5, 5.41) is 3.12. The molecule has 1 amide bonds. The lowest BCUT2D eigenvalue weighted by atomic mass is 10.2. The van der Waals surface area contributed by atoms with Crippen LogP contribution in [0.25, 0.3) is 0 Å². The van der Waals surface area contributed by atoms with E-state index >= 15 is 0 Å². The first-order valence-electron chi connectivity index (χ1n) is 6.23. The normalized spacial score (nSPS) is 10.6. The van der Waals surface area contributed by atoms with Crippen LogP contribution in [0.2, 0.25) is 0 Å². The van der Waals surface area contributed by atoms with Gasteiger partial charge in [-0.15, -0.1) is 0 Å². The van der Waals surface area contributed by atoms with Crippen LogP contribution in [0.15, 0.2) is 22.7 Å². The molecule has 1 aromatic carbocycles. The van der Waals surface area contributed by atoms with E-state index in [0.717, 1.165) is 15.8 Å². The van der Waals surface area contributed by atoms with Crippen LogP contribution in [0.5, 0.6) is 5.75 Å². The van der Waals surface area contributed by atoms with Crippen molar-refractivity contribution in [3.8, 4) is 5.75 Å². The number of ether oxygens (including phenoxy) is 1. The minimum absolute atomic E-state index is 0.0655. The van der Waals surface area contributed by atoms with Gasteiger partial charge >= 0.3 is 0 Å². The second kappa shape index (κ2) is 7.50. The van der Waals surface area contributed by atoms with Gasteiger partial charge in [-0.05, 0) is 18.2 Å². The van der Waals surface area contributed by atoms with Crippen molar-refractivity contribution < 1.29 is 9.53 Å². The molecule has 19 heavy (non-hydrogen) atoms. The largest absolute Gasteiger partial charge is 0.496 e. The monoisotopic (exact) mass is 328 g/mol. The zero-order valence-electron chi connectivity index (χ0n) is 11.9. The molecule has 0 heterocycles. The number of hydrogen-bond donors (Lipinski definition) is 1. The highest BCUT2D eigenvalue weighted by molar-refractivity contribution is 9.10. The average Bonchev–Trinajstić information content (AvgIpc) is 2.36. The summed E-state index contributed by atoms with van der Waals surface area (Å²) in [6, 6.07) is 6.09. The van der Waals surface area contributed by atoms with Gasteiger partial charge in [0.25, 0.3) is 0 Å². The summed E-state index contributed by atoms with van der Waals surface area (Å²) >= 11 is 3.43. The molecule has 0 aliphatic carbocycles. The van der Waals surface area contributed by atoms with Crippen molar-refractivity contribution in [3.63, 3.8) is 0 Å². The van der Waals surface area contributed by atoms with Crippen LogP contribution in [-0.2, 0) is 11.3 Å². The van der Waals surface area contributed by atoms with E-state index in [1.807, 2.05) is 32.0 Å². The highest BCUT2D eigenvalue weighted by Crippen LogP contribution is 2.23. The van der Waals surface area contributed by atoms with Crippen LogP contribution in [0.1, 0.15) is 19.4 Å². The first-order chi connectivity index (χ1) is 8.93. The molecule has 0 radical (unpaired) electrons. The molecule has 0 spiro atoms. The number of carbonyl (C=O) groups excluding carboxylic acids is 1. The molecule has 0 aromatic heterocycles. The van der Waals surface area contributed by atoms with Gasteiger partial charge in [-0.3, -0.25) is 4.79 Å². The van der Waals surface area contributed by atoms with Crippen LogP contribution in [0.3, 0.4) is 0 Å². The number of methoxy groups -OCH3 is 1. The van der Waals surface area contributed by atoms with Gasteiger partial charge in [0.05, 0.1) is 13.7 Å². The smallest absolute Gasteiger partial charge is 0.236 e. The fraction of sp³-hybridized carbons (Fsp3) is 0.500. The number of benzene rings is 1. The third kappa shape index (κ3) is 5.20. The summed E-state index contributed by atoms with van der Waals surface area (Å²) in [4.78, 5) is 13.6. The van der Waals surface area contributed by atoms with Crippen LogP contribution in [0.4, 0.5) is 0 Å². The van der Waals surface area contributed by atoms with E-state index in [2.05, 4.69) is 21.2 Å². The van der Waals surface area contributed by atoms with Gasteiger partial charge in [0.2, 0.25) is 5.91 Å². The van der Waals surface area contributed by atoms with E-state index in [-0.39, 0.29) is 5.91 Å². The van der Waals surface area contributed by atoms with Gasteiger partial charge in [-0.2, -0.15) is 0 Å². The summed E-state index contributed by atoms with van der Waals surface area (Å²) in [6.07, 6.45) is 0. The van der Waals surface area contributed by atoms with Crippen molar-refractivity contribution in [1.29, 1.82) is 0 Å². The molecule has 0 aliphatic rings. The third-order valence-electron chi connectivity index (χ3n) is 2.74. The lowest BCUT2D eigenvalue weighted by Gasteiger charge is -2.20. The van der Waals surface area contributed by atoms with E-state index in [9.17, 15) is 4.79 Å². The fourth-order valence-electron chi connectivity index (χ4n) is 1.64. The number of halogens is 1. The molecule has 1 rings (SSSR count). The highest BCUT2D eigenvalue weighted by Gasteiger charge is 2.12. The highest BCUT2D eigenvalue weighted by atomic mass is 79.9. The Bertz CT molecular complexity index is 435. The fourth-order valence-corrected chi connectivity index (χ4v) is 2.05. The first-order valence-corrected chi connectivity index (χ1v) is 7.03. The Morgan fingerprint density at radius 1 is 1.47 bits per heavy atom. The summed E-state index contributed by atoms with van der Waals surface area (Å²) in [5.41, 5.74) is 0.984. The predicted molar refractivity (Wildman–Crippen MR) is 80.3 cm³/mol. The van der Waals surface area contributed by atoms with Gasteiger partial charge in [0.1, 0.15) is 5.75 Å². The molecule has 1 N–H and O–H groups in total. The van der Waals surface area contributed by atoms with Crippen molar-refractivity contribution in [2.75, 3.05) is 20.7 Å². The lowest BCUT2D eigenvalue weighted by molar-refractivity contribution is -0.129. The quantitative estimate of drug-likeness (QED) is 0.871. The Kier molecular flexibility index (Phi) is 6.31. The van der Waals surface area contributed by atoms with E-state index in [1.165, 1.54) is 0 Å². The maximum Gasteiger partial charge on any atom is 0.236 e. The Morgan fingerprint density at radius 3 is 2.74 bits per heavy atom. The predicted octanol–water partition coefficient (Wildman–Crippen LogP) is 2.41. The Morgan fingerprint density at radius 2 is 2.16 bits per heavy atom. The maximum absolute atomic E-state index is 11.9. The molecule has 0 saturated heterocycles. The Balaban J connectivity index is 2.68. The molecular weight excluding hydrogens is 308 g/mol. The Labute approximate surface area is 123 Å². The van der Waals surface area contributed by atoms with Crippen LogP contribution in [-0.4, -0.2) is 37.6 Å². The molecule has 5 heteroatoms. The minimum Gasteiger partial charge on any atom is -0.496 e. The van der Waals surface area contributed by atoms with Crippen molar-refractivity contribution in [3.05, 3.63) is 28.2 Å². The lowest BCUT2D eigenvalue weighted by Crippen LogP contribution is -2.37.